The van der Waals surface area contributed by atoms with Gasteiger partial charge < -0.3 is 4.74 Å². The molecule has 0 atom stereocenters. The third-order valence-corrected chi connectivity index (χ3v) is 7.33. The average molecular weight is 459 g/mol. The van der Waals surface area contributed by atoms with Crippen molar-refractivity contribution in [2.75, 3.05) is 11.3 Å². The maximum atomic E-state index is 12.6. The summed E-state index contributed by atoms with van der Waals surface area (Å²) in [5, 5.41) is 0.290. The topological polar surface area (TPSA) is 102 Å². The highest BCUT2D eigenvalue weighted by Gasteiger charge is 2.28. The molecule has 2 N–H and O–H groups in total. The first-order valence-corrected chi connectivity index (χ1v) is 12.5. The smallest absolute Gasteiger partial charge is 0.261 e. The number of sulfonamides is 2. The lowest BCUT2D eigenvalue weighted by Crippen LogP contribution is -2.25. The molecule has 10 heteroatoms. The van der Waals surface area contributed by atoms with Crippen LogP contribution >= 0.6 is 11.6 Å². The Hall–Kier alpha value is -1.81. The number of ether oxygens (including phenoxy) is 1. The molecule has 29 heavy (non-hydrogen) atoms. The molecular weight excluding hydrogens is 436 g/mol. The summed E-state index contributed by atoms with van der Waals surface area (Å²) in [6.45, 7) is 4.51. The normalized spacial score (nSPS) is 14.8. The van der Waals surface area contributed by atoms with Gasteiger partial charge in [0.25, 0.3) is 10.0 Å². The summed E-state index contributed by atoms with van der Waals surface area (Å²) in [7, 11) is -7.54. The van der Waals surface area contributed by atoms with Gasteiger partial charge in [0.15, 0.2) is 0 Å². The quantitative estimate of drug-likeness (QED) is 0.597. The number of rotatable bonds is 9. The Morgan fingerprint density at radius 1 is 1.00 bits per heavy atom. The van der Waals surface area contributed by atoms with Crippen LogP contribution in [0.3, 0.4) is 0 Å². The number of halogens is 1. The van der Waals surface area contributed by atoms with Crippen molar-refractivity contribution >= 4 is 37.3 Å². The van der Waals surface area contributed by atoms with E-state index in [1.54, 1.807) is 12.1 Å². The van der Waals surface area contributed by atoms with E-state index in [0.29, 0.717) is 23.3 Å². The highest BCUT2D eigenvalue weighted by Crippen LogP contribution is 2.29. The molecule has 0 unspecified atom stereocenters. The fraction of sp³-hybridized carbons (Fsp3) is 0.368. The molecule has 0 aromatic heterocycles. The second kappa shape index (κ2) is 8.51. The van der Waals surface area contributed by atoms with E-state index in [1.807, 2.05) is 13.8 Å². The van der Waals surface area contributed by atoms with Crippen LogP contribution in [-0.4, -0.2) is 29.5 Å². The van der Waals surface area contributed by atoms with Gasteiger partial charge in [-0.1, -0.05) is 25.4 Å². The first kappa shape index (κ1) is 21.9. The summed E-state index contributed by atoms with van der Waals surface area (Å²) in [5.74, 6) is 0.802. The molecule has 0 amide bonds. The second-order valence-corrected chi connectivity index (χ2v) is 11.1. The van der Waals surface area contributed by atoms with Crippen molar-refractivity contribution in [2.45, 2.75) is 42.5 Å². The fourth-order valence-corrected chi connectivity index (χ4v) is 5.03. The molecule has 2 aromatic rings. The number of hydrogen-bond acceptors (Lipinski definition) is 5. The van der Waals surface area contributed by atoms with Crippen molar-refractivity contribution in [3.05, 3.63) is 47.5 Å². The van der Waals surface area contributed by atoms with Gasteiger partial charge in [0.05, 0.1) is 27.1 Å². The first-order chi connectivity index (χ1) is 13.6. The van der Waals surface area contributed by atoms with Crippen molar-refractivity contribution < 1.29 is 21.6 Å². The fourth-order valence-electron chi connectivity index (χ4n) is 2.44. The second-order valence-electron chi connectivity index (χ2n) is 7.32. The van der Waals surface area contributed by atoms with Crippen LogP contribution in [-0.2, 0) is 20.0 Å². The van der Waals surface area contributed by atoms with E-state index in [-0.39, 0.29) is 21.5 Å². The molecule has 0 heterocycles. The van der Waals surface area contributed by atoms with E-state index in [0.717, 1.165) is 12.8 Å². The van der Waals surface area contributed by atoms with E-state index < -0.39 is 20.0 Å². The largest absolute Gasteiger partial charge is 0.492 e. The molecule has 0 spiro atoms. The Morgan fingerprint density at radius 2 is 1.59 bits per heavy atom. The minimum Gasteiger partial charge on any atom is -0.492 e. The van der Waals surface area contributed by atoms with Crippen molar-refractivity contribution in [3.8, 4) is 5.75 Å². The van der Waals surface area contributed by atoms with Crippen LogP contribution in [0.25, 0.3) is 0 Å². The number of nitrogens with one attached hydrogen (secondary N) is 2. The van der Waals surface area contributed by atoms with E-state index in [1.165, 1.54) is 30.3 Å². The molecule has 7 nitrogen and oxygen atoms in total. The molecule has 0 saturated heterocycles. The minimum absolute atomic E-state index is 0.0256. The molecule has 1 saturated carbocycles. The van der Waals surface area contributed by atoms with Gasteiger partial charge in [0.2, 0.25) is 10.0 Å². The van der Waals surface area contributed by atoms with Crippen LogP contribution in [0.1, 0.15) is 26.7 Å². The zero-order valence-electron chi connectivity index (χ0n) is 16.1. The number of anilines is 1. The van der Waals surface area contributed by atoms with Crippen LogP contribution in [0.4, 0.5) is 5.69 Å². The van der Waals surface area contributed by atoms with E-state index in [2.05, 4.69) is 9.44 Å². The summed E-state index contributed by atoms with van der Waals surface area (Å²) < 4.78 is 60.2. The molecule has 158 valence electrons. The van der Waals surface area contributed by atoms with Gasteiger partial charge in [-0.05, 0) is 61.2 Å². The van der Waals surface area contributed by atoms with Crippen molar-refractivity contribution in [1.82, 2.24) is 4.72 Å². The third kappa shape index (κ3) is 5.85. The van der Waals surface area contributed by atoms with Crippen LogP contribution < -0.4 is 14.2 Å². The van der Waals surface area contributed by atoms with Crippen molar-refractivity contribution in [3.63, 3.8) is 0 Å². The SMILES string of the molecule is CC(C)COc1ccc(NS(=O)(=O)c2ccc(S(=O)(=O)NC3CC3)cc2)cc1Cl. The first-order valence-electron chi connectivity index (χ1n) is 9.14. The average Bonchev–Trinajstić information content (AvgIpc) is 3.44. The van der Waals surface area contributed by atoms with Crippen LogP contribution in [0.15, 0.2) is 52.3 Å². The van der Waals surface area contributed by atoms with Crippen LogP contribution in [0.2, 0.25) is 5.02 Å². The summed E-state index contributed by atoms with van der Waals surface area (Å²) in [5.41, 5.74) is 0.277. The summed E-state index contributed by atoms with van der Waals surface area (Å²) in [4.78, 5) is -0.0304. The Bertz CT molecular complexity index is 1080. The van der Waals surface area contributed by atoms with E-state index >= 15 is 0 Å². The van der Waals surface area contributed by atoms with Gasteiger partial charge in [-0.25, -0.2) is 21.6 Å². The Labute approximate surface area is 176 Å². The standard InChI is InChI=1S/C19H23ClN2O5S2/c1-13(2)12-27-19-10-5-15(11-18(19)20)22-29(25,26)17-8-6-16(7-9-17)28(23,24)21-14-3-4-14/h5-11,13-14,21-22H,3-4,12H2,1-2H3. The maximum absolute atomic E-state index is 12.6. The lowest BCUT2D eigenvalue weighted by molar-refractivity contribution is 0.271. The minimum atomic E-state index is -3.91. The zero-order valence-corrected chi connectivity index (χ0v) is 18.4. The molecule has 0 aliphatic heterocycles. The zero-order chi connectivity index (χ0) is 21.2. The molecular formula is C19H23ClN2O5S2. The Kier molecular flexibility index (Phi) is 6.42. The summed E-state index contributed by atoms with van der Waals surface area (Å²) in [6.07, 6.45) is 1.64. The van der Waals surface area contributed by atoms with E-state index in [4.69, 9.17) is 16.3 Å². The van der Waals surface area contributed by atoms with Crippen LogP contribution in [0, 0.1) is 5.92 Å². The maximum Gasteiger partial charge on any atom is 0.261 e. The third-order valence-electron chi connectivity index (χ3n) is 4.10. The Balaban J connectivity index is 1.73. The highest BCUT2D eigenvalue weighted by atomic mass is 35.5. The van der Waals surface area contributed by atoms with Gasteiger partial charge in [0.1, 0.15) is 5.75 Å². The molecule has 0 bridgehead atoms. The highest BCUT2D eigenvalue weighted by molar-refractivity contribution is 7.92. The van der Waals surface area contributed by atoms with Gasteiger partial charge in [-0.3, -0.25) is 4.72 Å². The van der Waals surface area contributed by atoms with Crippen molar-refractivity contribution in [1.29, 1.82) is 0 Å². The monoisotopic (exact) mass is 458 g/mol. The molecule has 0 radical (unpaired) electrons. The van der Waals surface area contributed by atoms with Gasteiger partial charge in [-0.15, -0.1) is 0 Å². The molecule has 2 aromatic carbocycles. The lowest BCUT2D eigenvalue weighted by atomic mass is 10.2. The number of hydrogen-bond donors (Lipinski definition) is 2. The Morgan fingerprint density at radius 3 is 2.10 bits per heavy atom. The molecule has 3 rings (SSSR count). The summed E-state index contributed by atoms with van der Waals surface area (Å²) in [6, 6.07) is 9.65. The molecule has 1 fully saturated rings. The van der Waals surface area contributed by atoms with Crippen LogP contribution in [0.5, 0.6) is 5.75 Å². The molecule has 1 aliphatic rings. The predicted octanol–water partition coefficient (Wildman–Crippen LogP) is 3.62. The van der Waals surface area contributed by atoms with E-state index in [9.17, 15) is 16.8 Å². The van der Waals surface area contributed by atoms with Crippen molar-refractivity contribution in [2.24, 2.45) is 5.92 Å². The predicted molar refractivity (Wildman–Crippen MR) is 112 cm³/mol. The molecule has 1 aliphatic carbocycles. The van der Waals surface area contributed by atoms with Gasteiger partial charge in [-0.2, -0.15) is 0 Å². The van der Waals surface area contributed by atoms with Gasteiger partial charge >= 0.3 is 0 Å². The summed E-state index contributed by atoms with van der Waals surface area (Å²) >= 11 is 6.17. The lowest BCUT2D eigenvalue weighted by Gasteiger charge is -2.13. The van der Waals surface area contributed by atoms with Gasteiger partial charge in [0, 0.05) is 6.04 Å². The number of benzene rings is 2.